The van der Waals surface area contributed by atoms with Gasteiger partial charge in [-0.1, -0.05) is 0 Å². The summed E-state index contributed by atoms with van der Waals surface area (Å²) < 4.78 is 5.24. The van der Waals surface area contributed by atoms with Gasteiger partial charge in [-0.25, -0.2) is 14.8 Å². The summed E-state index contributed by atoms with van der Waals surface area (Å²) in [6.07, 6.45) is 1.52. The van der Waals surface area contributed by atoms with E-state index >= 15 is 0 Å². The van der Waals surface area contributed by atoms with Crippen LogP contribution in [0.5, 0.6) is 5.75 Å². The first-order valence-electron chi connectivity index (χ1n) is 7.20. The summed E-state index contributed by atoms with van der Waals surface area (Å²) in [4.78, 5) is 22.7. The second kappa shape index (κ2) is 6.04. The number of aryl methyl sites for hydroxylation is 1. The normalized spacial score (nSPS) is 10.6. The number of aromatic carboxylic acids is 1. The first-order chi connectivity index (χ1) is 11.5. The third kappa shape index (κ3) is 2.79. The molecule has 4 N–H and O–H groups in total. The van der Waals surface area contributed by atoms with Crippen LogP contribution in [0.25, 0.3) is 22.6 Å². The van der Waals surface area contributed by atoms with E-state index in [0.717, 1.165) is 16.9 Å². The quantitative estimate of drug-likeness (QED) is 0.680. The lowest BCUT2D eigenvalue weighted by Crippen LogP contribution is -1.97. The summed E-state index contributed by atoms with van der Waals surface area (Å²) in [5, 5.41) is 9.51. The zero-order chi connectivity index (χ0) is 17.3. The smallest absolute Gasteiger partial charge is 0.337 e. The van der Waals surface area contributed by atoms with Crippen molar-refractivity contribution in [2.75, 3.05) is 12.8 Å². The molecule has 0 aliphatic carbocycles. The Morgan fingerprint density at radius 2 is 2.08 bits per heavy atom. The predicted molar refractivity (Wildman–Crippen MR) is 89.9 cm³/mol. The van der Waals surface area contributed by atoms with E-state index in [9.17, 15) is 9.90 Å². The molecule has 2 heterocycles. The lowest BCUT2D eigenvalue weighted by molar-refractivity contribution is 0.0698. The fourth-order valence-electron chi connectivity index (χ4n) is 2.55. The Labute approximate surface area is 138 Å². The first kappa shape index (κ1) is 15.5. The van der Waals surface area contributed by atoms with Gasteiger partial charge in [0.05, 0.1) is 29.8 Å². The van der Waals surface area contributed by atoms with Gasteiger partial charge in [0.1, 0.15) is 5.75 Å². The van der Waals surface area contributed by atoms with Crippen LogP contribution < -0.4 is 10.5 Å². The maximum Gasteiger partial charge on any atom is 0.337 e. The molecule has 7 nitrogen and oxygen atoms in total. The molecule has 0 saturated carbocycles. The van der Waals surface area contributed by atoms with E-state index in [1.807, 2.05) is 19.1 Å². The van der Waals surface area contributed by atoms with Crippen LogP contribution in [0.1, 0.15) is 15.9 Å². The number of rotatable bonds is 4. The number of benzene rings is 1. The zero-order valence-electron chi connectivity index (χ0n) is 13.2. The van der Waals surface area contributed by atoms with E-state index in [4.69, 9.17) is 10.5 Å². The van der Waals surface area contributed by atoms with Crippen molar-refractivity contribution < 1.29 is 14.6 Å². The van der Waals surface area contributed by atoms with Crippen molar-refractivity contribution in [3.63, 3.8) is 0 Å². The van der Waals surface area contributed by atoms with Gasteiger partial charge in [-0.3, -0.25) is 0 Å². The average Bonchev–Trinajstić information content (AvgIpc) is 3.00. The highest BCUT2D eigenvalue weighted by Gasteiger charge is 2.18. The summed E-state index contributed by atoms with van der Waals surface area (Å²) in [6, 6.07) is 8.69. The van der Waals surface area contributed by atoms with Crippen molar-refractivity contribution in [3.8, 4) is 28.4 Å². The number of nitrogens with zero attached hydrogens (tertiary/aromatic N) is 2. The zero-order valence-corrected chi connectivity index (χ0v) is 13.2. The van der Waals surface area contributed by atoms with Gasteiger partial charge < -0.3 is 20.6 Å². The largest absolute Gasteiger partial charge is 0.496 e. The number of nitrogens with two attached hydrogens (primary N) is 1. The van der Waals surface area contributed by atoms with E-state index in [0.29, 0.717) is 17.1 Å². The summed E-state index contributed by atoms with van der Waals surface area (Å²) in [7, 11) is 1.59. The van der Waals surface area contributed by atoms with Crippen LogP contribution in [-0.2, 0) is 0 Å². The molecule has 0 aliphatic rings. The molecule has 0 atom stereocenters. The Bertz CT molecular complexity index is 918. The highest BCUT2D eigenvalue weighted by Crippen LogP contribution is 2.31. The predicted octanol–water partition coefficient (Wildman–Crippen LogP) is 2.74. The summed E-state index contributed by atoms with van der Waals surface area (Å²) >= 11 is 0. The number of aromatic nitrogens is 3. The van der Waals surface area contributed by atoms with Crippen molar-refractivity contribution in [2.24, 2.45) is 0 Å². The molecule has 0 radical (unpaired) electrons. The maximum atomic E-state index is 11.6. The van der Waals surface area contributed by atoms with Crippen LogP contribution in [-0.4, -0.2) is 33.1 Å². The van der Waals surface area contributed by atoms with Crippen molar-refractivity contribution in [1.29, 1.82) is 0 Å². The molecule has 7 heteroatoms. The van der Waals surface area contributed by atoms with Gasteiger partial charge in [-0.15, -0.1) is 0 Å². The molecule has 0 bridgehead atoms. The van der Waals surface area contributed by atoms with E-state index in [1.54, 1.807) is 25.3 Å². The van der Waals surface area contributed by atoms with E-state index < -0.39 is 5.97 Å². The molecule has 0 aliphatic heterocycles. The summed E-state index contributed by atoms with van der Waals surface area (Å²) in [6.45, 7) is 1.90. The summed E-state index contributed by atoms with van der Waals surface area (Å²) in [5.41, 5.74) is 9.01. The number of carboxylic acids is 1. The molecule has 0 spiro atoms. The van der Waals surface area contributed by atoms with Crippen LogP contribution >= 0.6 is 0 Å². The minimum Gasteiger partial charge on any atom is -0.496 e. The number of hydrogen-bond acceptors (Lipinski definition) is 5. The fourth-order valence-corrected chi connectivity index (χ4v) is 2.55. The van der Waals surface area contributed by atoms with Gasteiger partial charge in [-0.05, 0) is 48.4 Å². The fraction of sp³-hybridized carbons (Fsp3) is 0.118. The lowest BCUT2D eigenvalue weighted by atomic mass is 10.0. The molecule has 2 aromatic heterocycles. The number of ether oxygens (including phenoxy) is 1. The second-order valence-electron chi connectivity index (χ2n) is 5.26. The molecule has 0 saturated heterocycles. The van der Waals surface area contributed by atoms with Crippen molar-refractivity contribution in [3.05, 3.63) is 47.7 Å². The van der Waals surface area contributed by atoms with Crippen molar-refractivity contribution in [1.82, 2.24) is 15.0 Å². The molecule has 1 aromatic carbocycles. The number of carboxylic acid groups (broad SMARTS) is 1. The number of nitrogen functional groups attached to an aromatic ring is 1. The number of H-pyrrole nitrogens is 1. The van der Waals surface area contributed by atoms with E-state index in [2.05, 4.69) is 15.0 Å². The summed E-state index contributed by atoms with van der Waals surface area (Å²) in [5.74, 6) is -0.158. The molecule has 3 aromatic rings. The topological polar surface area (TPSA) is 114 Å². The highest BCUT2D eigenvalue weighted by molar-refractivity contribution is 5.97. The van der Waals surface area contributed by atoms with E-state index in [-0.39, 0.29) is 11.5 Å². The van der Waals surface area contributed by atoms with Crippen molar-refractivity contribution >= 4 is 11.9 Å². The number of carbonyl (C=O) groups is 1. The van der Waals surface area contributed by atoms with Crippen molar-refractivity contribution in [2.45, 2.75) is 6.92 Å². The van der Waals surface area contributed by atoms with Gasteiger partial charge in [0.25, 0.3) is 0 Å². The number of nitrogens with one attached hydrogen (secondary N) is 1. The van der Waals surface area contributed by atoms with Crippen LogP contribution in [0.15, 0.2) is 36.5 Å². The Kier molecular flexibility index (Phi) is 3.91. The lowest BCUT2D eigenvalue weighted by Gasteiger charge is -2.07. The Morgan fingerprint density at radius 1 is 1.29 bits per heavy atom. The van der Waals surface area contributed by atoms with Gasteiger partial charge in [0.15, 0.2) is 0 Å². The molecule has 0 amide bonds. The van der Waals surface area contributed by atoms with Crippen LogP contribution in [0, 0.1) is 6.92 Å². The molecule has 0 fully saturated rings. The van der Waals surface area contributed by atoms with Gasteiger partial charge in [-0.2, -0.15) is 0 Å². The highest BCUT2D eigenvalue weighted by atomic mass is 16.5. The first-order valence-corrected chi connectivity index (χ1v) is 7.20. The number of aromatic amines is 1. The molecule has 24 heavy (non-hydrogen) atoms. The van der Waals surface area contributed by atoms with Crippen LogP contribution in [0.3, 0.4) is 0 Å². The third-order valence-electron chi connectivity index (χ3n) is 3.68. The van der Waals surface area contributed by atoms with Crippen LogP contribution in [0.2, 0.25) is 0 Å². The molecular weight excluding hydrogens is 308 g/mol. The molecule has 0 unspecified atom stereocenters. The Hall–Kier alpha value is -3.35. The third-order valence-corrected chi connectivity index (χ3v) is 3.68. The molecule has 122 valence electrons. The second-order valence-corrected chi connectivity index (χ2v) is 5.26. The number of anilines is 1. The monoisotopic (exact) mass is 324 g/mol. The van der Waals surface area contributed by atoms with Gasteiger partial charge >= 0.3 is 5.97 Å². The minimum atomic E-state index is -1.03. The maximum absolute atomic E-state index is 11.6. The SMILES string of the molecule is COc1ccc(-c2[nH]c(-c3ccnc(N)n3)cc2C(=O)O)cc1C. The van der Waals surface area contributed by atoms with E-state index in [1.165, 1.54) is 6.20 Å². The van der Waals surface area contributed by atoms with Crippen LogP contribution in [0.4, 0.5) is 5.95 Å². The number of hydrogen-bond donors (Lipinski definition) is 3. The Balaban J connectivity index is 2.14. The molecular formula is C17H16N4O3. The average molecular weight is 324 g/mol. The molecule has 3 rings (SSSR count). The van der Waals surface area contributed by atoms with Gasteiger partial charge in [0.2, 0.25) is 5.95 Å². The Morgan fingerprint density at radius 3 is 2.71 bits per heavy atom. The van der Waals surface area contributed by atoms with Gasteiger partial charge in [0, 0.05) is 6.20 Å². The number of methoxy groups -OCH3 is 1. The standard InChI is InChI=1S/C17H16N4O3/c1-9-7-10(3-4-14(9)24-2)15-11(16(22)23)8-13(20-15)12-5-6-19-17(18)21-12/h3-8,20H,1-2H3,(H,22,23)(H2,18,19,21). The minimum absolute atomic E-state index is 0.126.